The largest absolute Gasteiger partial charge is 0.507 e. The summed E-state index contributed by atoms with van der Waals surface area (Å²) in [5.74, 6) is -7.67. The van der Waals surface area contributed by atoms with Gasteiger partial charge in [-0.3, -0.25) is 19.2 Å². The molecule has 8 aromatic rings. The third kappa shape index (κ3) is 7.83. The molecule has 72 heavy (non-hydrogen) atoms. The quantitative estimate of drug-likeness (QED) is 0.0665. The SMILES string of the molecule is Cc1c(O)c2cc(c1O)C(c1ccc(C=O)cc1)c1cc(c(O)c(C)c1O)C(c1ccc(C=O)cc1)c1cc(c(O)c(C)c1O)C(c1ccc(C=O)cc1)c1cc(c(O)c(C)c1O)C2c1ccc(C=O)cc1. The molecule has 0 fully saturated rings. The molecule has 0 amide bonds. The molecule has 0 saturated carbocycles. The second-order valence-electron chi connectivity index (χ2n) is 18.4. The summed E-state index contributed by atoms with van der Waals surface area (Å²) in [5, 5.41) is 99.1. The molecule has 0 aliphatic heterocycles. The number of aldehydes is 4. The maximum absolute atomic E-state index is 12.4. The molecule has 1 aliphatic carbocycles. The van der Waals surface area contributed by atoms with Gasteiger partial charge in [-0.25, -0.2) is 0 Å². The minimum Gasteiger partial charge on any atom is -0.507 e. The van der Waals surface area contributed by atoms with E-state index in [9.17, 15) is 60.0 Å². The van der Waals surface area contributed by atoms with Crippen molar-refractivity contribution in [3.05, 3.63) is 233 Å². The molecule has 0 unspecified atom stereocenters. The van der Waals surface area contributed by atoms with Crippen molar-refractivity contribution >= 4 is 25.1 Å². The average Bonchev–Trinajstić information content (AvgIpc) is 3.40. The summed E-state index contributed by atoms with van der Waals surface area (Å²) in [6, 6.07) is 31.8. The van der Waals surface area contributed by atoms with Gasteiger partial charge in [0, 0.05) is 113 Å². The van der Waals surface area contributed by atoms with Crippen LogP contribution in [0.1, 0.15) is 154 Å². The highest BCUT2D eigenvalue weighted by molar-refractivity contribution is 5.78. The molecule has 0 atom stereocenters. The van der Waals surface area contributed by atoms with Crippen molar-refractivity contribution in [1.82, 2.24) is 0 Å². The molecule has 0 heterocycles. The van der Waals surface area contributed by atoms with Crippen LogP contribution in [-0.2, 0) is 0 Å². The first-order chi connectivity index (χ1) is 34.5. The number of carbonyl (C=O) groups excluding carboxylic acids is 4. The summed E-state index contributed by atoms with van der Waals surface area (Å²) in [6.07, 6.45) is 2.65. The molecule has 0 spiro atoms. The molecule has 0 radical (unpaired) electrons. The zero-order valence-corrected chi connectivity index (χ0v) is 39.4. The van der Waals surface area contributed by atoms with Crippen LogP contribution in [0.3, 0.4) is 0 Å². The normalized spacial score (nSPS) is 16.2. The van der Waals surface area contributed by atoms with Crippen LogP contribution < -0.4 is 0 Å². The smallest absolute Gasteiger partial charge is 0.150 e. The monoisotopic (exact) mass is 960 g/mol. The number of phenols is 8. The number of carbonyl (C=O) groups is 4. The molecule has 12 nitrogen and oxygen atoms in total. The van der Waals surface area contributed by atoms with Gasteiger partial charge in [-0.05, 0) is 74.2 Å². The Morgan fingerprint density at radius 3 is 0.528 bits per heavy atom. The summed E-state index contributed by atoms with van der Waals surface area (Å²) in [6.45, 7) is 5.98. The summed E-state index contributed by atoms with van der Waals surface area (Å²) >= 11 is 0. The zero-order chi connectivity index (χ0) is 51.4. The number of rotatable bonds is 8. The lowest BCUT2D eigenvalue weighted by molar-refractivity contribution is 0.111. The Morgan fingerprint density at radius 1 is 0.264 bits per heavy atom. The third-order valence-electron chi connectivity index (χ3n) is 14.4. The first-order valence-electron chi connectivity index (χ1n) is 22.9. The molecular weight excluding hydrogens is 913 g/mol. The van der Waals surface area contributed by atoms with E-state index < -0.39 is 23.7 Å². The Morgan fingerprint density at radius 2 is 0.403 bits per heavy atom. The van der Waals surface area contributed by atoms with E-state index in [2.05, 4.69) is 0 Å². The van der Waals surface area contributed by atoms with E-state index >= 15 is 0 Å². The molecule has 1 aliphatic rings. The molecule has 8 N–H and O–H groups in total. The van der Waals surface area contributed by atoms with Crippen molar-refractivity contribution < 1.29 is 60.0 Å². The van der Waals surface area contributed by atoms with E-state index in [0.717, 1.165) is 0 Å². The van der Waals surface area contributed by atoms with Crippen LogP contribution in [0, 0.1) is 27.7 Å². The first-order valence-corrected chi connectivity index (χ1v) is 22.9. The molecular formula is C60H48O12. The van der Waals surface area contributed by atoms with Gasteiger partial charge < -0.3 is 40.9 Å². The van der Waals surface area contributed by atoms with Crippen molar-refractivity contribution in [1.29, 1.82) is 0 Å². The second kappa shape index (κ2) is 18.6. The minimum atomic E-state index is -1.15. The molecule has 8 bridgehead atoms. The summed E-state index contributed by atoms with van der Waals surface area (Å²) in [7, 11) is 0. The average molecular weight is 961 g/mol. The van der Waals surface area contributed by atoms with E-state index in [1.54, 1.807) is 97.1 Å². The maximum Gasteiger partial charge on any atom is 0.150 e. The van der Waals surface area contributed by atoms with Crippen LogP contribution in [0.5, 0.6) is 46.0 Å². The van der Waals surface area contributed by atoms with Gasteiger partial charge >= 0.3 is 0 Å². The van der Waals surface area contributed by atoms with Crippen LogP contribution >= 0.6 is 0 Å². The van der Waals surface area contributed by atoms with Crippen LogP contribution in [-0.4, -0.2) is 66.0 Å². The van der Waals surface area contributed by atoms with Gasteiger partial charge in [0.1, 0.15) is 71.1 Å². The van der Waals surface area contributed by atoms with Gasteiger partial charge in [-0.1, -0.05) is 97.1 Å². The standard InChI is InChI=1S/C60H48O12/c1-29-53(65)41-21-42(54(29)66)50(38-15-7-34(26-62)8-16-38)44-23-46(58(70)31(3)56(44)68)52(40-19-11-36(28-64)12-20-40)48-24-47(59(71)32(4)60(48)72)51(39-17-9-35(27-63)10-18-39)45-22-43(55(67)30(2)57(45)69)49(41)37-13-5-33(25-61)6-14-37/h5-28,49-52,65-72H,1-4H3. The van der Waals surface area contributed by atoms with Crippen LogP contribution in [0.25, 0.3) is 0 Å². The van der Waals surface area contributed by atoms with Gasteiger partial charge in [-0.15, -0.1) is 0 Å². The Hall–Kier alpha value is -9.16. The van der Waals surface area contributed by atoms with E-state index in [4.69, 9.17) is 0 Å². The fraction of sp³-hybridized carbons (Fsp3) is 0.133. The highest BCUT2D eigenvalue weighted by Crippen LogP contribution is 2.56. The van der Waals surface area contributed by atoms with E-state index in [1.165, 1.54) is 52.0 Å². The van der Waals surface area contributed by atoms with Gasteiger partial charge in [0.2, 0.25) is 0 Å². The Labute approximate surface area is 413 Å². The lowest BCUT2D eigenvalue weighted by atomic mass is 9.73. The number of phenolic OH excluding ortho intramolecular Hbond substituents is 8. The predicted molar refractivity (Wildman–Crippen MR) is 269 cm³/mol. The number of fused-ring (bicyclic) bond motifs is 8. The van der Waals surface area contributed by atoms with Crippen LogP contribution in [0.15, 0.2) is 121 Å². The lowest BCUT2D eigenvalue weighted by Gasteiger charge is -2.31. The summed E-state index contributed by atoms with van der Waals surface area (Å²) in [4.78, 5) is 48.0. The minimum absolute atomic E-state index is 0.000319. The van der Waals surface area contributed by atoms with Gasteiger partial charge in [0.25, 0.3) is 0 Å². The molecule has 0 saturated heterocycles. The Balaban J connectivity index is 1.54. The van der Waals surface area contributed by atoms with Crippen LogP contribution in [0.2, 0.25) is 0 Å². The van der Waals surface area contributed by atoms with Gasteiger partial charge in [0.15, 0.2) is 0 Å². The zero-order valence-electron chi connectivity index (χ0n) is 39.4. The van der Waals surface area contributed by atoms with Crippen molar-refractivity contribution in [2.45, 2.75) is 51.4 Å². The van der Waals surface area contributed by atoms with E-state index in [-0.39, 0.29) is 113 Å². The van der Waals surface area contributed by atoms with E-state index in [1.807, 2.05) is 0 Å². The number of aromatic hydroxyl groups is 8. The number of hydrogen-bond acceptors (Lipinski definition) is 12. The number of benzene rings is 8. The third-order valence-corrected chi connectivity index (χ3v) is 14.4. The first kappa shape index (κ1) is 47.9. The topological polar surface area (TPSA) is 230 Å². The lowest BCUT2D eigenvalue weighted by Crippen LogP contribution is -2.14. The number of hydrogen-bond donors (Lipinski definition) is 8. The van der Waals surface area contributed by atoms with Crippen molar-refractivity contribution in [2.75, 3.05) is 0 Å². The van der Waals surface area contributed by atoms with Crippen LogP contribution in [0.4, 0.5) is 0 Å². The predicted octanol–water partition coefficient (Wildman–Crippen LogP) is 10.8. The second-order valence-corrected chi connectivity index (χ2v) is 18.4. The highest BCUT2D eigenvalue weighted by atomic mass is 16.3. The molecule has 0 aromatic heterocycles. The fourth-order valence-electron chi connectivity index (χ4n) is 10.3. The van der Waals surface area contributed by atoms with Crippen molar-refractivity contribution in [3.8, 4) is 46.0 Å². The highest BCUT2D eigenvalue weighted by Gasteiger charge is 2.37. The molecule has 8 aromatic carbocycles. The van der Waals surface area contributed by atoms with Gasteiger partial charge in [0.05, 0.1) is 0 Å². The molecule has 9 rings (SSSR count). The molecule has 360 valence electrons. The molecule has 12 heteroatoms. The van der Waals surface area contributed by atoms with Gasteiger partial charge in [-0.2, -0.15) is 0 Å². The fourth-order valence-corrected chi connectivity index (χ4v) is 10.3. The Kier molecular flexibility index (Phi) is 12.4. The van der Waals surface area contributed by atoms with E-state index in [0.29, 0.717) is 69.7 Å². The summed E-state index contributed by atoms with van der Waals surface area (Å²) in [5.41, 5.74) is 4.12. The Bertz CT molecular complexity index is 2920. The van der Waals surface area contributed by atoms with Crippen molar-refractivity contribution in [3.63, 3.8) is 0 Å². The van der Waals surface area contributed by atoms with Crippen molar-refractivity contribution in [2.24, 2.45) is 0 Å². The maximum atomic E-state index is 12.4. The summed E-state index contributed by atoms with van der Waals surface area (Å²) < 4.78 is 0.